The Morgan fingerprint density at radius 1 is 1.38 bits per heavy atom. The van der Waals surface area contributed by atoms with Crippen LogP contribution >= 0.6 is 10.7 Å². The predicted molar refractivity (Wildman–Crippen MR) is 59.5 cm³/mol. The van der Waals surface area contributed by atoms with Crippen molar-refractivity contribution in [2.45, 2.75) is 4.90 Å². The van der Waals surface area contributed by atoms with Gasteiger partial charge < -0.3 is 0 Å². The molecule has 0 atom stereocenters. The van der Waals surface area contributed by atoms with E-state index in [1.165, 1.54) is 23.1 Å². The van der Waals surface area contributed by atoms with Gasteiger partial charge in [-0.3, -0.25) is 4.68 Å². The van der Waals surface area contributed by atoms with Crippen LogP contribution in [0.25, 0.3) is 11.4 Å². The van der Waals surface area contributed by atoms with E-state index < -0.39 is 9.05 Å². The standard InChI is InChI=1S/C9H8ClN3O2S/c1-13-6-11-9(12-13)7-3-2-4-8(5-7)16(10,14)15/h2-6H,1H3. The van der Waals surface area contributed by atoms with Crippen LogP contribution in [-0.2, 0) is 16.1 Å². The molecule has 1 heterocycles. The maximum Gasteiger partial charge on any atom is 0.261 e. The van der Waals surface area contributed by atoms with Gasteiger partial charge in [0.1, 0.15) is 6.33 Å². The highest BCUT2D eigenvalue weighted by Gasteiger charge is 2.12. The number of aromatic nitrogens is 3. The molecule has 0 aliphatic carbocycles. The van der Waals surface area contributed by atoms with E-state index in [1.807, 2.05) is 0 Å². The van der Waals surface area contributed by atoms with Gasteiger partial charge in [-0.05, 0) is 12.1 Å². The first-order valence-corrected chi connectivity index (χ1v) is 6.68. The van der Waals surface area contributed by atoms with E-state index in [-0.39, 0.29) is 4.90 Å². The zero-order valence-corrected chi connectivity index (χ0v) is 9.90. The molecule has 0 fully saturated rings. The number of hydrogen-bond acceptors (Lipinski definition) is 4. The molecule has 84 valence electrons. The number of hydrogen-bond donors (Lipinski definition) is 0. The highest BCUT2D eigenvalue weighted by molar-refractivity contribution is 8.13. The molecule has 1 aromatic heterocycles. The lowest BCUT2D eigenvalue weighted by Gasteiger charge is -1.98. The molecule has 0 unspecified atom stereocenters. The van der Waals surface area contributed by atoms with Crippen LogP contribution in [0.3, 0.4) is 0 Å². The fourth-order valence-electron chi connectivity index (χ4n) is 1.26. The molecule has 2 aromatic rings. The Kier molecular flexibility index (Phi) is 2.69. The Morgan fingerprint density at radius 2 is 2.12 bits per heavy atom. The summed E-state index contributed by atoms with van der Waals surface area (Å²) in [5, 5.41) is 4.07. The number of aryl methyl sites for hydroxylation is 1. The minimum atomic E-state index is -3.72. The Hall–Kier alpha value is -1.40. The summed E-state index contributed by atoms with van der Waals surface area (Å²) >= 11 is 0. The van der Waals surface area contributed by atoms with Gasteiger partial charge in [0, 0.05) is 23.3 Å². The van der Waals surface area contributed by atoms with Crippen molar-refractivity contribution in [2.24, 2.45) is 7.05 Å². The first kappa shape index (κ1) is 11.1. The van der Waals surface area contributed by atoms with E-state index in [0.717, 1.165) is 0 Å². The Balaban J connectivity index is 2.52. The maximum atomic E-state index is 11.1. The lowest BCUT2D eigenvalue weighted by molar-refractivity contribution is 0.609. The molecule has 16 heavy (non-hydrogen) atoms. The van der Waals surface area contributed by atoms with Crippen molar-refractivity contribution in [2.75, 3.05) is 0 Å². The maximum absolute atomic E-state index is 11.1. The number of benzene rings is 1. The smallest absolute Gasteiger partial charge is 0.255 e. The van der Waals surface area contributed by atoms with Gasteiger partial charge in [0.2, 0.25) is 0 Å². The summed E-state index contributed by atoms with van der Waals surface area (Å²) in [4.78, 5) is 4.06. The third-order valence-electron chi connectivity index (χ3n) is 1.97. The van der Waals surface area contributed by atoms with Gasteiger partial charge in [0.25, 0.3) is 9.05 Å². The molecule has 0 amide bonds. The summed E-state index contributed by atoms with van der Waals surface area (Å²) in [6, 6.07) is 6.19. The second-order valence-electron chi connectivity index (χ2n) is 3.21. The van der Waals surface area contributed by atoms with Gasteiger partial charge in [0.15, 0.2) is 5.82 Å². The molecule has 0 saturated heterocycles. The van der Waals surface area contributed by atoms with Gasteiger partial charge in [0.05, 0.1) is 4.90 Å². The monoisotopic (exact) mass is 257 g/mol. The molecule has 7 heteroatoms. The average molecular weight is 258 g/mol. The van der Waals surface area contributed by atoms with Crippen LogP contribution in [0.5, 0.6) is 0 Å². The van der Waals surface area contributed by atoms with Crippen LogP contribution in [0, 0.1) is 0 Å². The molecule has 0 bridgehead atoms. The van der Waals surface area contributed by atoms with E-state index in [1.54, 1.807) is 19.2 Å². The molecule has 1 aromatic carbocycles. The summed E-state index contributed by atoms with van der Waals surface area (Å²) in [6.45, 7) is 0. The molecular formula is C9H8ClN3O2S. The number of rotatable bonds is 2. The summed E-state index contributed by atoms with van der Waals surface area (Å²) in [5.74, 6) is 0.463. The fraction of sp³-hybridized carbons (Fsp3) is 0.111. The summed E-state index contributed by atoms with van der Waals surface area (Å²) in [6.07, 6.45) is 1.54. The molecule has 0 aliphatic rings. The fourth-order valence-corrected chi connectivity index (χ4v) is 2.06. The Labute approximate surface area is 97.1 Å². The SMILES string of the molecule is Cn1cnc(-c2cccc(S(=O)(=O)Cl)c2)n1. The highest BCUT2D eigenvalue weighted by atomic mass is 35.7. The van der Waals surface area contributed by atoms with Gasteiger partial charge in [-0.1, -0.05) is 12.1 Å². The zero-order valence-electron chi connectivity index (χ0n) is 8.33. The van der Waals surface area contributed by atoms with Gasteiger partial charge in [-0.25, -0.2) is 13.4 Å². The largest absolute Gasteiger partial charge is 0.261 e. The van der Waals surface area contributed by atoms with E-state index >= 15 is 0 Å². The zero-order chi connectivity index (χ0) is 11.8. The first-order chi connectivity index (χ1) is 7.47. The Bertz CT molecular complexity index is 621. The minimum absolute atomic E-state index is 0.0409. The first-order valence-electron chi connectivity index (χ1n) is 4.37. The van der Waals surface area contributed by atoms with Crippen LogP contribution < -0.4 is 0 Å². The van der Waals surface area contributed by atoms with Crippen LogP contribution in [-0.4, -0.2) is 23.2 Å². The molecule has 0 spiro atoms. The summed E-state index contributed by atoms with van der Waals surface area (Å²) in [7, 11) is 3.27. The second kappa shape index (κ2) is 3.88. The topological polar surface area (TPSA) is 64.8 Å². The van der Waals surface area contributed by atoms with E-state index in [9.17, 15) is 8.42 Å². The quantitative estimate of drug-likeness (QED) is 0.763. The van der Waals surface area contributed by atoms with Crippen molar-refractivity contribution in [3.8, 4) is 11.4 Å². The molecular weight excluding hydrogens is 250 g/mol. The van der Waals surface area contributed by atoms with Gasteiger partial charge >= 0.3 is 0 Å². The van der Waals surface area contributed by atoms with Crippen molar-refractivity contribution >= 4 is 19.7 Å². The van der Waals surface area contributed by atoms with E-state index in [4.69, 9.17) is 10.7 Å². The molecule has 0 radical (unpaired) electrons. The van der Waals surface area contributed by atoms with Crippen molar-refractivity contribution < 1.29 is 8.42 Å². The van der Waals surface area contributed by atoms with Gasteiger partial charge in [-0.15, -0.1) is 0 Å². The lowest BCUT2D eigenvalue weighted by Crippen LogP contribution is -1.92. The molecule has 2 rings (SSSR count). The van der Waals surface area contributed by atoms with Crippen molar-refractivity contribution in [3.63, 3.8) is 0 Å². The van der Waals surface area contributed by atoms with E-state index in [2.05, 4.69) is 10.1 Å². The second-order valence-corrected chi connectivity index (χ2v) is 5.77. The minimum Gasteiger partial charge on any atom is -0.255 e. The molecule has 0 saturated carbocycles. The number of halogens is 1. The van der Waals surface area contributed by atoms with Crippen molar-refractivity contribution in [3.05, 3.63) is 30.6 Å². The third kappa shape index (κ3) is 2.23. The van der Waals surface area contributed by atoms with Crippen LogP contribution in [0.4, 0.5) is 0 Å². The van der Waals surface area contributed by atoms with Crippen LogP contribution in [0.15, 0.2) is 35.5 Å². The van der Waals surface area contributed by atoms with Crippen LogP contribution in [0.2, 0.25) is 0 Å². The molecule has 5 nitrogen and oxygen atoms in total. The number of nitrogens with zero attached hydrogens (tertiary/aromatic N) is 3. The molecule has 0 aliphatic heterocycles. The highest BCUT2D eigenvalue weighted by Crippen LogP contribution is 2.21. The van der Waals surface area contributed by atoms with Gasteiger partial charge in [-0.2, -0.15) is 5.10 Å². The average Bonchev–Trinajstić information content (AvgIpc) is 2.64. The van der Waals surface area contributed by atoms with Crippen molar-refractivity contribution in [1.29, 1.82) is 0 Å². The van der Waals surface area contributed by atoms with E-state index in [0.29, 0.717) is 11.4 Å². The normalized spacial score (nSPS) is 11.6. The van der Waals surface area contributed by atoms with Crippen molar-refractivity contribution in [1.82, 2.24) is 14.8 Å². The summed E-state index contributed by atoms with van der Waals surface area (Å²) < 4.78 is 23.8. The summed E-state index contributed by atoms with van der Waals surface area (Å²) in [5.41, 5.74) is 0.613. The van der Waals surface area contributed by atoms with Crippen LogP contribution in [0.1, 0.15) is 0 Å². The Morgan fingerprint density at radius 3 is 2.69 bits per heavy atom. The molecule has 0 N–H and O–H groups in total. The predicted octanol–water partition coefficient (Wildman–Crippen LogP) is 1.41. The lowest BCUT2D eigenvalue weighted by atomic mass is 10.2. The third-order valence-corrected chi connectivity index (χ3v) is 3.32.